The van der Waals surface area contributed by atoms with Gasteiger partial charge >= 0.3 is 6.18 Å². The third-order valence-electron chi connectivity index (χ3n) is 4.04. The maximum atomic E-state index is 12.7. The van der Waals surface area contributed by atoms with Crippen LogP contribution in [0.25, 0.3) is 0 Å². The second kappa shape index (κ2) is 8.05. The standard InChI is InChI=1S/C19H17F3N6O/c1-11-4-2-3-5-14(11)18(29)28-27-17-15(23)16(24-10-25-17)26-13-8-6-12(7-9-13)19(20,21)22/h2-10H,23H2,1H3,(H,28,29)(H2,24,25,26,27). The van der Waals surface area contributed by atoms with Gasteiger partial charge < -0.3 is 11.1 Å². The summed E-state index contributed by atoms with van der Waals surface area (Å²) in [5, 5.41) is 2.82. The predicted molar refractivity (Wildman–Crippen MR) is 103 cm³/mol. The molecule has 0 spiro atoms. The lowest BCUT2D eigenvalue weighted by molar-refractivity contribution is -0.137. The molecule has 0 bridgehead atoms. The molecular formula is C19H17F3N6O. The van der Waals surface area contributed by atoms with E-state index in [-0.39, 0.29) is 23.2 Å². The molecule has 0 aliphatic rings. The Kier molecular flexibility index (Phi) is 5.53. The van der Waals surface area contributed by atoms with Crippen molar-refractivity contribution in [2.45, 2.75) is 13.1 Å². The van der Waals surface area contributed by atoms with Gasteiger partial charge in [0.05, 0.1) is 5.56 Å². The van der Waals surface area contributed by atoms with Crippen molar-refractivity contribution in [2.24, 2.45) is 0 Å². The molecule has 1 aromatic heterocycles. The number of amides is 1. The molecule has 3 aromatic rings. The summed E-state index contributed by atoms with van der Waals surface area (Å²) in [5.41, 5.74) is 12.1. The van der Waals surface area contributed by atoms with Gasteiger partial charge in [0.15, 0.2) is 11.6 Å². The molecule has 5 N–H and O–H groups in total. The van der Waals surface area contributed by atoms with E-state index in [1.165, 1.54) is 18.5 Å². The number of carbonyl (C=O) groups excluding carboxylic acids is 1. The van der Waals surface area contributed by atoms with Crippen LogP contribution in [0.3, 0.4) is 0 Å². The SMILES string of the molecule is Cc1ccccc1C(=O)NNc1ncnc(Nc2ccc(C(F)(F)F)cc2)c1N. The fourth-order valence-corrected chi connectivity index (χ4v) is 2.49. The predicted octanol–water partition coefficient (Wildman–Crippen LogP) is 3.89. The van der Waals surface area contributed by atoms with E-state index < -0.39 is 11.7 Å². The van der Waals surface area contributed by atoms with Crippen molar-refractivity contribution in [2.75, 3.05) is 16.5 Å². The van der Waals surface area contributed by atoms with E-state index >= 15 is 0 Å². The number of aromatic nitrogens is 2. The van der Waals surface area contributed by atoms with Crippen molar-refractivity contribution < 1.29 is 18.0 Å². The summed E-state index contributed by atoms with van der Waals surface area (Å²) < 4.78 is 38.0. The highest BCUT2D eigenvalue weighted by atomic mass is 19.4. The van der Waals surface area contributed by atoms with Crippen LogP contribution in [-0.2, 0) is 6.18 Å². The first-order valence-corrected chi connectivity index (χ1v) is 8.42. The number of alkyl halides is 3. The second-order valence-corrected chi connectivity index (χ2v) is 6.08. The number of nitrogens with zero attached hydrogens (tertiary/aromatic N) is 2. The number of carbonyl (C=O) groups is 1. The Morgan fingerprint density at radius 2 is 1.66 bits per heavy atom. The number of hydrogen-bond acceptors (Lipinski definition) is 6. The van der Waals surface area contributed by atoms with Crippen molar-refractivity contribution in [1.29, 1.82) is 0 Å². The van der Waals surface area contributed by atoms with Crippen molar-refractivity contribution >= 4 is 28.9 Å². The van der Waals surface area contributed by atoms with Crippen LogP contribution in [0.2, 0.25) is 0 Å². The van der Waals surface area contributed by atoms with Crippen molar-refractivity contribution in [3.8, 4) is 0 Å². The molecule has 29 heavy (non-hydrogen) atoms. The molecule has 150 valence electrons. The van der Waals surface area contributed by atoms with Crippen molar-refractivity contribution in [3.63, 3.8) is 0 Å². The van der Waals surface area contributed by atoms with Gasteiger partial charge in [0.25, 0.3) is 5.91 Å². The third kappa shape index (κ3) is 4.72. The minimum absolute atomic E-state index is 0.0810. The van der Waals surface area contributed by atoms with Gasteiger partial charge in [-0.05, 0) is 42.8 Å². The first-order chi connectivity index (χ1) is 13.8. The highest BCUT2D eigenvalue weighted by Gasteiger charge is 2.30. The Labute approximate surface area is 164 Å². The van der Waals surface area contributed by atoms with E-state index in [9.17, 15) is 18.0 Å². The molecule has 1 heterocycles. The number of nitrogens with two attached hydrogens (primary N) is 1. The van der Waals surface area contributed by atoms with Crippen LogP contribution < -0.4 is 21.9 Å². The molecule has 0 atom stereocenters. The highest BCUT2D eigenvalue weighted by Crippen LogP contribution is 2.31. The molecular weight excluding hydrogens is 385 g/mol. The zero-order valence-corrected chi connectivity index (χ0v) is 15.2. The van der Waals surface area contributed by atoms with Crippen LogP contribution in [0, 0.1) is 6.92 Å². The quantitative estimate of drug-likeness (QED) is 0.483. The number of halogens is 3. The first kappa shape index (κ1) is 19.9. The molecule has 7 nitrogen and oxygen atoms in total. The summed E-state index contributed by atoms with van der Waals surface area (Å²) in [7, 11) is 0. The maximum absolute atomic E-state index is 12.7. The summed E-state index contributed by atoms with van der Waals surface area (Å²) in [6.07, 6.45) is -3.22. The number of benzene rings is 2. The average Bonchev–Trinajstić information content (AvgIpc) is 2.68. The van der Waals surface area contributed by atoms with Gasteiger partial charge in [0, 0.05) is 11.3 Å². The summed E-state index contributed by atoms with van der Waals surface area (Å²) in [5.74, 6) is -0.0675. The molecule has 3 rings (SSSR count). The number of rotatable bonds is 5. The van der Waals surface area contributed by atoms with Crippen LogP contribution in [0.1, 0.15) is 21.5 Å². The van der Waals surface area contributed by atoms with Gasteiger partial charge in [0.1, 0.15) is 12.0 Å². The molecule has 1 amide bonds. The molecule has 0 saturated carbocycles. The van der Waals surface area contributed by atoms with Crippen LogP contribution in [0.4, 0.5) is 36.2 Å². The van der Waals surface area contributed by atoms with Gasteiger partial charge in [-0.15, -0.1) is 0 Å². The first-order valence-electron chi connectivity index (χ1n) is 8.42. The summed E-state index contributed by atoms with van der Waals surface area (Å²) in [6.45, 7) is 1.81. The topological polar surface area (TPSA) is 105 Å². The van der Waals surface area contributed by atoms with E-state index in [2.05, 4.69) is 26.1 Å². The number of aryl methyl sites for hydroxylation is 1. The number of hydrogen-bond donors (Lipinski definition) is 4. The van der Waals surface area contributed by atoms with E-state index in [1.807, 2.05) is 6.07 Å². The zero-order chi connectivity index (χ0) is 21.0. The second-order valence-electron chi connectivity index (χ2n) is 6.08. The Morgan fingerprint density at radius 3 is 2.31 bits per heavy atom. The van der Waals surface area contributed by atoms with Crippen LogP contribution in [-0.4, -0.2) is 15.9 Å². The number of hydrazine groups is 1. The molecule has 10 heteroatoms. The minimum Gasteiger partial charge on any atom is -0.393 e. The molecule has 0 radical (unpaired) electrons. The van der Waals surface area contributed by atoms with E-state index in [1.54, 1.807) is 25.1 Å². The van der Waals surface area contributed by atoms with E-state index in [0.717, 1.165) is 17.7 Å². The van der Waals surface area contributed by atoms with E-state index in [4.69, 9.17) is 5.73 Å². The monoisotopic (exact) mass is 402 g/mol. The highest BCUT2D eigenvalue weighted by molar-refractivity contribution is 5.96. The molecule has 0 aliphatic carbocycles. The minimum atomic E-state index is -4.42. The smallest absolute Gasteiger partial charge is 0.393 e. The molecule has 0 fully saturated rings. The fourth-order valence-electron chi connectivity index (χ4n) is 2.49. The van der Waals surface area contributed by atoms with Gasteiger partial charge in [0.2, 0.25) is 0 Å². The normalized spacial score (nSPS) is 11.0. The van der Waals surface area contributed by atoms with Gasteiger partial charge in [-0.25, -0.2) is 9.97 Å². The largest absolute Gasteiger partial charge is 0.416 e. The van der Waals surface area contributed by atoms with Gasteiger partial charge in [-0.1, -0.05) is 18.2 Å². The Hall–Kier alpha value is -3.82. The maximum Gasteiger partial charge on any atom is 0.416 e. The van der Waals surface area contributed by atoms with E-state index in [0.29, 0.717) is 11.3 Å². The average molecular weight is 402 g/mol. The van der Waals surface area contributed by atoms with Crippen LogP contribution in [0.5, 0.6) is 0 Å². The zero-order valence-electron chi connectivity index (χ0n) is 15.2. The third-order valence-corrected chi connectivity index (χ3v) is 4.04. The summed E-state index contributed by atoms with van der Waals surface area (Å²) >= 11 is 0. The number of nitrogen functional groups attached to an aromatic ring is 1. The Bertz CT molecular complexity index is 1020. The fraction of sp³-hybridized carbons (Fsp3) is 0.105. The lowest BCUT2D eigenvalue weighted by Crippen LogP contribution is -2.30. The Balaban J connectivity index is 1.71. The molecule has 0 unspecified atom stereocenters. The number of anilines is 4. The van der Waals surface area contributed by atoms with Crippen molar-refractivity contribution in [3.05, 3.63) is 71.5 Å². The van der Waals surface area contributed by atoms with Crippen LogP contribution in [0.15, 0.2) is 54.9 Å². The Morgan fingerprint density at radius 1 is 1.00 bits per heavy atom. The van der Waals surface area contributed by atoms with Gasteiger partial charge in [-0.3, -0.25) is 15.6 Å². The summed E-state index contributed by atoms with van der Waals surface area (Å²) in [4.78, 5) is 20.2. The van der Waals surface area contributed by atoms with Gasteiger partial charge in [-0.2, -0.15) is 13.2 Å². The molecule has 0 saturated heterocycles. The lowest BCUT2D eigenvalue weighted by atomic mass is 10.1. The number of nitrogens with one attached hydrogen (secondary N) is 3. The van der Waals surface area contributed by atoms with Crippen molar-refractivity contribution in [1.82, 2.24) is 15.4 Å². The molecule has 2 aromatic carbocycles. The summed E-state index contributed by atoms with van der Waals surface area (Å²) in [6, 6.07) is 11.5. The van der Waals surface area contributed by atoms with Crippen LogP contribution >= 0.6 is 0 Å². The molecule has 0 aliphatic heterocycles. The lowest BCUT2D eigenvalue weighted by Gasteiger charge is -2.14.